The number of halogens is 1. The summed E-state index contributed by atoms with van der Waals surface area (Å²) < 4.78 is 2.08. The maximum Gasteiger partial charge on any atom is 0.150 e. The quantitative estimate of drug-likeness (QED) is 0.516. The molecule has 0 radical (unpaired) electrons. The van der Waals surface area contributed by atoms with Gasteiger partial charge in [-0.05, 0) is 43.7 Å². The van der Waals surface area contributed by atoms with Crippen molar-refractivity contribution in [2.24, 2.45) is 0 Å². The zero-order valence-electron chi connectivity index (χ0n) is 14.6. The standard InChI is InChI=1S/C21H19ClN4/c1-14(2)25-20-19-18(15-6-4-3-5-7-15)12-26(21(19)24-13-23-20)17-10-8-16(22)9-11-17/h3-14H,1-2H3,(H,23,24,25). The molecular weight excluding hydrogens is 344 g/mol. The van der Waals surface area contributed by atoms with Crippen molar-refractivity contribution in [2.45, 2.75) is 19.9 Å². The fraction of sp³-hybridized carbons (Fsp3) is 0.143. The van der Waals surface area contributed by atoms with Gasteiger partial charge in [-0.25, -0.2) is 9.97 Å². The van der Waals surface area contributed by atoms with Crippen LogP contribution in [0.4, 0.5) is 5.82 Å². The summed E-state index contributed by atoms with van der Waals surface area (Å²) in [6.45, 7) is 4.21. The minimum atomic E-state index is 0.274. The highest BCUT2D eigenvalue weighted by atomic mass is 35.5. The first-order valence-corrected chi connectivity index (χ1v) is 8.95. The molecule has 0 atom stereocenters. The average molecular weight is 363 g/mol. The number of aromatic nitrogens is 3. The van der Waals surface area contributed by atoms with E-state index in [1.54, 1.807) is 6.33 Å². The summed E-state index contributed by atoms with van der Waals surface area (Å²) in [6, 6.07) is 18.4. The van der Waals surface area contributed by atoms with Gasteiger partial charge in [0.05, 0.1) is 5.39 Å². The molecule has 5 heteroatoms. The molecule has 0 unspecified atom stereocenters. The summed E-state index contributed by atoms with van der Waals surface area (Å²) in [7, 11) is 0. The predicted molar refractivity (Wildman–Crippen MR) is 108 cm³/mol. The number of hydrogen-bond acceptors (Lipinski definition) is 3. The number of rotatable bonds is 4. The molecule has 130 valence electrons. The van der Waals surface area contributed by atoms with Crippen LogP contribution < -0.4 is 5.32 Å². The molecule has 1 N–H and O–H groups in total. The van der Waals surface area contributed by atoms with Crippen molar-refractivity contribution >= 4 is 28.5 Å². The largest absolute Gasteiger partial charge is 0.367 e. The van der Waals surface area contributed by atoms with Crippen LogP contribution in [0.5, 0.6) is 0 Å². The van der Waals surface area contributed by atoms with Crippen molar-refractivity contribution in [3.63, 3.8) is 0 Å². The highest BCUT2D eigenvalue weighted by Crippen LogP contribution is 2.35. The second kappa shape index (κ2) is 6.81. The van der Waals surface area contributed by atoms with Gasteiger partial charge < -0.3 is 9.88 Å². The van der Waals surface area contributed by atoms with Crippen LogP contribution in [0.1, 0.15) is 13.8 Å². The second-order valence-corrected chi connectivity index (χ2v) is 6.91. The molecule has 2 aromatic heterocycles. The molecule has 0 saturated heterocycles. The van der Waals surface area contributed by atoms with E-state index >= 15 is 0 Å². The lowest BCUT2D eigenvalue weighted by Crippen LogP contribution is -2.11. The van der Waals surface area contributed by atoms with E-state index in [0.717, 1.165) is 33.7 Å². The predicted octanol–water partition coefficient (Wildman–Crippen LogP) is 5.56. The van der Waals surface area contributed by atoms with Gasteiger partial charge in [0.15, 0.2) is 5.65 Å². The second-order valence-electron chi connectivity index (χ2n) is 6.48. The van der Waals surface area contributed by atoms with Crippen molar-refractivity contribution in [2.75, 3.05) is 5.32 Å². The van der Waals surface area contributed by atoms with Crippen molar-refractivity contribution in [1.82, 2.24) is 14.5 Å². The van der Waals surface area contributed by atoms with Gasteiger partial charge in [-0.1, -0.05) is 41.9 Å². The van der Waals surface area contributed by atoms with Gasteiger partial charge in [0.1, 0.15) is 12.1 Å². The van der Waals surface area contributed by atoms with Crippen LogP contribution >= 0.6 is 11.6 Å². The highest BCUT2D eigenvalue weighted by molar-refractivity contribution is 6.30. The van der Waals surface area contributed by atoms with E-state index in [-0.39, 0.29) is 6.04 Å². The molecule has 0 bridgehead atoms. The molecule has 0 aliphatic rings. The highest BCUT2D eigenvalue weighted by Gasteiger charge is 2.17. The molecule has 26 heavy (non-hydrogen) atoms. The van der Waals surface area contributed by atoms with Crippen LogP contribution in [0.25, 0.3) is 27.8 Å². The summed E-state index contributed by atoms with van der Waals surface area (Å²) in [5.41, 5.74) is 4.10. The monoisotopic (exact) mass is 362 g/mol. The fourth-order valence-electron chi connectivity index (χ4n) is 3.08. The zero-order valence-corrected chi connectivity index (χ0v) is 15.4. The van der Waals surface area contributed by atoms with E-state index < -0.39 is 0 Å². The summed E-state index contributed by atoms with van der Waals surface area (Å²) >= 11 is 6.06. The minimum Gasteiger partial charge on any atom is -0.367 e. The van der Waals surface area contributed by atoms with E-state index in [4.69, 9.17) is 11.6 Å². The molecule has 2 aromatic carbocycles. The fourth-order valence-corrected chi connectivity index (χ4v) is 3.21. The van der Waals surface area contributed by atoms with Crippen molar-refractivity contribution in [3.05, 3.63) is 72.1 Å². The summed E-state index contributed by atoms with van der Waals surface area (Å²) in [6.07, 6.45) is 3.72. The molecule has 4 nitrogen and oxygen atoms in total. The first-order valence-electron chi connectivity index (χ1n) is 8.57. The number of benzene rings is 2. The third-order valence-electron chi connectivity index (χ3n) is 4.20. The van der Waals surface area contributed by atoms with Gasteiger partial charge in [-0.15, -0.1) is 0 Å². The number of nitrogens with one attached hydrogen (secondary N) is 1. The Labute approximate surface area is 157 Å². The maximum atomic E-state index is 6.06. The van der Waals surface area contributed by atoms with E-state index in [1.807, 2.05) is 42.5 Å². The van der Waals surface area contributed by atoms with Crippen LogP contribution in [0.15, 0.2) is 67.1 Å². The number of fused-ring (bicyclic) bond motifs is 1. The van der Waals surface area contributed by atoms with Gasteiger partial charge >= 0.3 is 0 Å². The molecule has 0 saturated carbocycles. The van der Waals surface area contributed by atoms with Crippen molar-refractivity contribution in [1.29, 1.82) is 0 Å². The average Bonchev–Trinajstić information content (AvgIpc) is 3.03. The molecule has 0 aliphatic heterocycles. The molecule has 0 spiro atoms. The lowest BCUT2D eigenvalue weighted by atomic mass is 10.1. The van der Waals surface area contributed by atoms with E-state index in [9.17, 15) is 0 Å². The number of anilines is 1. The molecule has 4 rings (SSSR count). The van der Waals surface area contributed by atoms with E-state index in [2.05, 4.69) is 52.0 Å². The smallest absolute Gasteiger partial charge is 0.150 e. The van der Waals surface area contributed by atoms with Crippen molar-refractivity contribution in [3.8, 4) is 16.8 Å². The normalized spacial score (nSPS) is 11.2. The molecule has 2 heterocycles. The zero-order chi connectivity index (χ0) is 18.1. The van der Waals surface area contributed by atoms with Crippen LogP contribution in [0.2, 0.25) is 5.02 Å². The molecule has 4 aromatic rings. The Balaban J connectivity index is 2.01. The first-order chi connectivity index (χ1) is 12.6. The van der Waals surface area contributed by atoms with Crippen LogP contribution in [-0.2, 0) is 0 Å². The Morgan fingerprint density at radius 2 is 1.69 bits per heavy atom. The number of hydrogen-bond donors (Lipinski definition) is 1. The summed E-state index contributed by atoms with van der Waals surface area (Å²) in [4.78, 5) is 9.07. The maximum absolute atomic E-state index is 6.06. The Kier molecular flexibility index (Phi) is 4.35. The summed E-state index contributed by atoms with van der Waals surface area (Å²) in [5.74, 6) is 0.844. The molecule has 0 fully saturated rings. The van der Waals surface area contributed by atoms with Gasteiger partial charge in [-0.3, -0.25) is 0 Å². The van der Waals surface area contributed by atoms with Gasteiger partial charge in [0, 0.05) is 28.5 Å². The van der Waals surface area contributed by atoms with Gasteiger partial charge in [0.2, 0.25) is 0 Å². The molecule has 0 aliphatic carbocycles. The van der Waals surface area contributed by atoms with Gasteiger partial charge in [-0.2, -0.15) is 0 Å². The van der Waals surface area contributed by atoms with E-state index in [1.165, 1.54) is 0 Å². The van der Waals surface area contributed by atoms with Crippen LogP contribution in [0.3, 0.4) is 0 Å². The number of nitrogens with zero attached hydrogens (tertiary/aromatic N) is 3. The van der Waals surface area contributed by atoms with Crippen molar-refractivity contribution < 1.29 is 0 Å². The molecular formula is C21H19ClN4. The molecule has 0 amide bonds. The Morgan fingerprint density at radius 3 is 2.38 bits per heavy atom. The Bertz CT molecular complexity index is 1040. The summed E-state index contributed by atoms with van der Waals surface area (Å²) in [5, 5.41) is 5.18. The van der Waals surface area contributed by atoms with Crippen LogP contribution in [-0.4, -0.2) is 20.6 Å². The van der Waals surface area contributed by atoms with Gasteiger partial charge in [0.25, 0.3) is 0 Å². The third kappa shape index (κ3) is 3.04. The van der Waals surface area contributed by atoms with Crippen LogP contribution in [0, 0.1) is 0 Å². The lowest BCUT2D eigenvalue weighted by molar-refractivity contribution is 0.890. The van der Waals surface area contributed by atoms with E-state index in [0.29, 0.717) is 5.02 Å². The minimum absolute atomic E-state index is 0.274. The topological polar surface area (TPSA) is 42.7 Å². The first kappa shape index (κ1) is 16.6. The SMILES string of the molecule is CC(C)Nc1ncnc2c1c(-c1ccccc1)cn2-c1ccc(Cl)cc1. The Morgan fingerprint density at radius 1 is 0.962 bits per heavy atom. The Hall–Kier alpha value is -2.85. The third-order valence-corrected chi connectivity index (χ3v) is 4.45. The lowest BCUT2D eigenvalue weighted by Gasteiger charge is -2.11.